The van der Waals surface area contributed by atoms with Crippen LogP contribution in [-0.2, 0) is 11.2 Å². The second-order valence-corrected chi connectivity index (χ2v) is 7.87. The predicted molar refractivity (Wildman–Crippen MR) is 111 cm³/mol. The summed E-state index contributed by atoms with van der Waals surface area (Å²) in [6.07, 6.45) is 8.65. The van der Waals surface area contributed by atoms with E-state index in [-0.39, 0.29) is 5.91 Å². The van der Waals surface area contributed by atoms with Gasteiger partial charge in [-0.2, -0.15) is 0 Å². The number of halogens is 1. The van der Waals surface area contributed by atoms with E-state index in [1.165, 1.54) is 5.56 Å². The van der Waals surface area contributed by atoms with Gasteiger partial charge in [-0.1, -0.05) is 29.8 Å². The van der Waals surface area contributed by atoms with E-state index in [2.05, 4.69) is 28.2 Å². The third-order valence-electron chi connectivity index (χ3n) is 5.45. The fourth-order valence-corrected chi connectivity index (χ4v) is 3.96. The lowest BCUT2D eigenvalue weighted by atomic mass is 9.91. The van der Waals surface area contributed by atoms with Crippen LogP contribution in [0.1, 0.15) is 38.2 Å². The lowest BCUT2D eigenvalue weighted by molar-refractivity contribution is -0.116. The molecule has 1 fully saturated rings. The maximum absolute atomic E-state index is 12.2. The molecule has 0 radical (unpaired) electrons. The first kappa shape index (κ1) is 19.8. The summed E-state index contributed by atoms with van der Waals surface area (Å²) in [6.45, 7) is 4.51. The minimum absolute atomic E-state index is 0.0514. The summed E-state index contributed by atoms with van der Waals surface area (Å²) in [4.78, 5) is 19.0. The zero-order valence-corrected chi connectivity index (χ0v) is 16.7. The van der Waals surface area contributed by atoms with Crippen molar-refractivity contribution in [2.45, 2.75) is 45.1 Å². The third-order valence-corrected chi connectivity index (χ3v) is 5.78. The summed E-state index contributed by atoms with van der Waals surface area (Å²) in [7, 11) is 0. The summed E-state index contributed by atoms with van der Waals surface area (Å²) in [5, 5.41) is 3.50. The molecule has 1 unspecified atom stereocenters. The van der Waals surface area contributed by atoms with Crippen LogP contribution in [0.2, 0.25) is 5.02 Å². The number of para-hydroxylation sites is 1. The second-order valence-electron chi connectivity index (χ2n) is 7.46. The van der Waals surface area contributed by atoms with E-state index in [1.54, 1.807) is 6.07 Å². The Kier molecular flexibility index (Phi) is 7.25. The first-order valence-electron chi connectivity index (χ1n) is 9.79. The molecule has 2 aromatic rings. The highest BCUT2D eigenvalue weighted by Crippen LogP contribution is 2.25. The molecular formula is C22H28ClN3O. The van der Waals surface area contributed by atoms with E-state index in [1.807, 2.05) is 36.7 Å². The van der Waals surface area contributed by atoms with Crippen molar-refractivity contribution in [3.63, 3.8) is 0 Å². The van der Waals surface area contributed by atoms with Crippen LogP contribution in [0.5, 0.6) is 0 Å². The number of anilines is 1. The first-order chi connectivity index (χ1) is 13.1. The predicted octanol–water partition coefficient (Wildman–Crippen LogP) is 4.80. The highest BCUT2D eigenvalue weighted by Gasteiger charge is 2.23. The molecule has 1 atom stereocenters. The number of carbonyl (C=O) groups is 1. The minimum atomic E-state index is 0.0514. The van der Waals surface area contributed by atoms with Crippen molar-refractivity contribution in [2.24, 2.45) is 5.92 Å². The van der Waals surface area contributed by atoms with Gasteiger partial charge >= 0.3 is 0 Å². The molecule has 1 aromatic carbocycles. The normalized spacial score (nSPS) is 16.8. The zero-order chi connectivity index (χ0) is 19.1. The molecule has 1 aromatic heterocycles. The van der Waals surface area contributed by atoms with Crippen molar-refractivity contribution >= 4 is 23.2 Å². The lowest BCUT2D eigenvalue weighted by Crippen LogP contribution is -2.41. The van der Waals surface area contributed by atoms with Crippen LogP contribution in [0, 0.1) is 5.92 Å². The lowest BCUT2D eigenvalue weighted by Gasteiger charge is -2.36. The molecule has 1 aliphatic heterocycles. The SMILES string of the molecule is CC(Cc1cccnc1)N1CCC(CCC(=O)Nc2ccccc2Cl)CC1. The van der Waals surface area contributed by atoms with E-state index in [0.29, 0.717) is 29.1 Å². The first-order valence-corrected chi connectivity index (χ1v) is 10.2. The van der Waals surface area contributed by atoms with Crippen molar-refractivity contribution < 1.29 is 4.79 Å². The Labute approximate surface area is 166 Å². The van der Waals surface area contributed by atoms with Gasteiger partial charge in [-0.3, -0.25) is 9.78 Å². The molecule has 5 heteroatoms. The van der Waals surface area contributed by atoms with Crippen molar-refractivity contribution in [3.05, 3.63) is 59.4 Å². The Bertz CT molecular complexity index is 729. The number of amides is 1. The third kappa shape index (κ3) is 6.05. The van der Waals surface area contributed by atoms with E-state index in [9.17, 15) is 4.79 Å². The van der Waals surface area contributed by atoms with Crippen LogP contribution < -0.4 is 5.32 Å². The number of aromatic nitrogens is 1. The van der Waals surface area contributed by atoms with Gasteiger partial charge in [-0.15, -0.1) is 0 Å². The summed E-state index contributed by atoms with van der Waals surface area (Å²) in [5.74, 6) is 0.680. The van der Waals surface area contributed by atoms with E-state index in [4.69, 9.17) is 11.6 Å². The van der Waals surface area contributed by atoms with Gasteiger partial charge in [0.1, 0.15) is 0 Å². The Morgan fingerprint density at radius 3 is 2.74 bits per heavy atom. The van der Waals surface area contributed by atoms with Crippen molar-refractivity contribution in [3.8, 4) is 0 Å². The number of hydrogen-bond donors (Lipinski definition) is 1. The van der Waals surface area contributed by atoms with Gasteiger partial charge in [0.15, 0.2) is 0 Å². The number of nitrogens with one attached hydrogen (secondary N) is 1. The topological polar surface area (TPSA) is 45.2 Å². The number of rotatable bonds is 7. The molecule has 1 saturated heterocycles. The molecule has 0 saturated carbocycles. The van der Waals surface area contributed by atoms with E-state index in [0.717, 1.165) is 38.8 Å². The van der Waals surface area contributed by atoms with Crippen LogP contribution >= 0.6 is 11.6 Å². The molecule has 1 N–H and O–H groups in total. The highest BCUT2D eigenvalue weighted by atomic mass is 35.5. The Morgan fingerprint density at radius 1 is 1.26 bits per heavy atom. The number of hydrogen-bond acceptors (Lipinski definition) is 3. The van der Waals surface area contributed by atoms with Gasteiger partial charge in [0.05, 0.1) is 10.7 Å². The fourth-order valence-electron chi connectivity index (χ4n) is 3.78. The molecule has 3 rings (SSSR count). The molecule has 27 heavy (non-hydrogen) atoms. The van der Waals surface area contributed by atoms with Gasteiger partial charge in [0, 0.05) is 24.9 Å². The van der Waals surface area contributed by atoms with Gasteiger partial charge < -0.3 is 10.2 Å². The van der Waals surface area contributed by atoms with Gasteiger partial charge in [0.2, 0.25) is 5.91 Å². The van der Waals surface area contributed by atoms with Gasteiger partial charge in [-0.25, -0.2) is 0 Å². The molecular weight excluding hydrogens is 358 g/mol. The molecule has 1 aliphatic rings. The number of benzene rings is 1. The van der Waals surface area contributed by atoms with Crippen LogP contribution in [0.15, 0.2) is 48.8 Å². The van der Waals surface area contributed by atoms with Crippen LogP contribution in [0.4, 0.5) is 5.69 Å². The summed E-state index contributed by atoms with van der Waals surface area (Å²) in [5.41, 5.74) is 1.99. The second kappa shape index (κ2) is 9.86. The molecule has 0 spiro atoms. The fraction of sp³-hybridized carbons (Fsp3) is 0.455. The average molecular weight is 386 g/mol. The van der Waals surface area contributed by atoms with E-state index < -0.39 is 0 Å². The molecule has 1 amide bonds. The monoisotopic (exact) mass is 385 g/mol. The Balaban J connectivity index is 1.38. The van der Waals surface area contributed by atoms with Crippen molar-refractivity contribution in [2.75, 3.05) is 18.4 Å². The van der Waals surface area contributed by atoms with Crippen molar-refractivity contribution in [1.29, 1.82) is 0 Å². The largest absolute Gasteiger partial charge is 0.325 e. The quantitative estimate of drug-likeness (QED) is 0.744. The number of piperidine rings is 1. The molecule has 2 heterocycles. The number of nitrogens with zero attached hydrogens (tertiary/aromatic N) is 2. The Hall–Kier alpha value is -1.91. The number of carbonyl (C=O) groups excluding carboxylic acids is 1. The van der Waals surface area contributed by atoms with Gasteiger partial charge in [-0.05, 0) is 75.4 Å². The zero-order valence-electron chi connectivity index (χ0n) is 15.9. The molecule has 0 bridgehead atoms. The summed E-state index contributed by atoms with van der Waals surface area (Å²) >= 11 is 6.10. The minimum Gasteiger partial charge on any atom is -0.325 e. The maximum atomic E-state index is 12.2. The number of likely N-dealkylation sites (tertiary alicyclic amines) is 1. The van der Waals surface area contributed by atoms with Gasteiger partial charge in [0.25, 0.3) is 0 Å². The molecule has 0 aliphatic carbocycles. The average Bonchev–Trinajstić information content (AvgIpc) is 2.69. The van der Waals surface area contributed by atoms with Crippen molar-refractivity contribution in [1.82, 2.24) is 9.88 Å². The number of pyridine rings is 1. The summed E-state index contributed by atoms with van der Waals surface area (Å²) < 4.78 is 0. The Morgan fingerprint density at radius 2 is 2.04 bits per heavy atom. The molecule has 4 nitrogen and oxygen atoms in total. The maximum Gasteiger partial charge on any atom is 0.224 e. The van der Waals surface area contributed by atoms with Crippen LogP contribution in [0.3, 0.4) is 0 Å². The molecule has 144 valence electrons. The summed E-state index contributed by atoms with van der Waals surface area (Å²) in [6, 6.07) is 12.0. The standard InChI is InChI=1S/C22H28ClN3O/c1-17(15-19-5-4-12-24-16-19)26-13-10-18(11-14-26)8-9-22(27)25-21-7-3-2-6-20(21)23/h2-7,12,16-18H,8-11,13-15H2,1H3,(H,25,27). The van der Waals surface area contributed by atoms with Crippen LogP contribution in [-0.4, -0.2) is 34.9 Å². The van der Waals surface area contributed by atoms with E-state index >= 15 is 0 Å². The highest BCUT2D eigenvalue weighted by molar-refractivity contribution is 6.33. The smallest absolute Gasteiger partial charge is 0.224 e. The van der Waals surface area contributed by atoms with Crippen LogP contribution in [0.25, 0.3) is 0 Å².